The molecule has 0 unspecified atom stereocenters. The molecule has 0 spiro atoms. The summed E-state index contributed by atoms with van der Waals surface area (Å²) in [4.78, 5) is 0. The molecule has 0 fully saturated rings. The highest BCUT2D eigenvalue weighted by atomic mass is 16.5. The third-order valence-corrected chi connectivity index (χ3v) is 8.78. The number of nitrogens with zero attached hydrogens (tertiary/aromatic N) is 2. The average Bonchev–Trinajstić information content (AvgIpc) is 3.69. The first kappa shape index (κ1) is 32.8. The van der Waals surface area contributed by atoms with Crippen molar-refractivity contribution in [1.29, 1.82) is 0 Å². The van der Waals surface area contributed by atoms with Gasteiger partial charge in [-0.1, -0.05) is 87.4 Å². The van der Waals surface area contributed by atoms with Crippen LogP contribution in [-0.2, 0) is 25.7 Å². The van der Waals surface area contributed by atoms with Gasteiger partial charge in [0.15, 0.2) is 0 Å². The third kappa shape index (κ3) is 7.38. The molecule has 0 aliphatic carbocycles. The maximum Gasteiger partial charge on any atom is 0.134 e. The number of furan rings is 2. The van der Waals surface area contributed by atoms with Crippen LogP contribution in [0.5, 0.6) is 11.5 Å². The maximum atomic E-state index is 6.50. The summed E-state index contributed by atoms with van der Waals surface area (Å²) in [5, 5.41) is 12.5. The van der Waals surface area contributed by atoms with Gasteiger partial charge >= 0.3 is 0 Å². The van der Waals surface area contributed by atoms with E-state index in [1.165, 1.54) is 0 Å². The minimum Gasteiger partial charge on any atom is -0.497 e. The second kappa shape index (κ2) is 15.7. The highest BCUT2D eigenvalue weighted by molar-refractivity contribution is 6.14. The molecule has 2 aromatic heterocycles. The van der Waals surface area contributed by atoms with Crippen LogP contribution in [0.4, 0.5) is 0 Å². The van der Waals surface area contributed by atoms with Crippen LogP contribution in [-0.4, -0.2) is 25.6 Å². The van der Waals surface area contributed by atoms with Gasteiger partial charge in [-0.15, -0.1) is 0 Å². The number of fused-ring (bicyclic) bond motifs is 2. The van der Waals surface area contributed by atoms with Crippen LogP contribution >= 0.6 is 0 Å². The summed E-state index contributed by atoms with van der Waals surface area (Å²) < 4.78 is 23.9. The topological polar surface area (TPSA) is 69.5 Å². The normalized spacial score (nSPS) is 12.2. The number of methoxy groups -OCH3 is 2. The number of aryl methyl sites for hydroxylation is 2. The number of benzene rings is 4. The Balaban J connectivity index is 1.56. The van der Waals surface area contributed by atoms with Crippen LogP contribution in [0.25, 0.3) is 21.9 Å². The molecule has 0 atom stereocenters. The van der Waals surface area contributed by atoms with Crippen molar-refractivity contribution in [3.05, 3.63) is 131 Å². The highest BCUT2D eigenvalue weighted by Gasteiger charge is 2.22. The lowest BCUT2D eigenvalue weighted by Gasteiger charge is -2.11. The van der Waals surface area contributed by atoms with Gasteiger partial charge in [-0.05, 0) is 60.4 Å². The van der Waals surface area contributed by atoms with E-state index in [0.717, 1.165) is 117 Å². The number of hydrogen-bond acceptors (Lipinski definition) is 6. The van der Waals surface area contributed by atoms with E-state index < -0.39 is 0 Å². The van der Waals surface area contributed by atoms with E-state index >= 15 is 0 Å². The summed E-state index contributed by atoms with van der Waals surface area (Å²) in [5.74, 6) is 3.55. The molecule has 246 valence electrons. The Morgan fingerprint density at radius 2 is 0.938 bits per heavy atom. The number of hydrogen-bond donors (Lipinski definition) is 0. The number of para-hydroxylation sites is 2. The molecule has 48 heavy (non-hydrogen) atoms. The fourth-order valence-corrected chi connectivity index (χ4v) is 6.19. The Morgan fingerprint density at radius 1 is 0.542 bits per heavy atom. The molecule has 6 aromatic rings. The highest BCUT2D eigenvalue weighted by Crippen LogP contribution is 2.32. The fourth-order valence-electron chi connectivity index (χ4n) is 6.19. The third-order valence-electron chi connectivity index (χ3n) is 8.78. The van der Waals surface area contributed by atoms with Crippen LogP contribution in [0.2, 0.25) is 0 Å². The van der Waals surface area contributed by atoms with Crippen molar-refractivity contribution in [3.63, 3.8) is 0 Å². The van der Waals surface area contributed by atoms with Crippen LogP contribution in [0.1, 0.15) is 73.3 Å². The van der Waals surface area contributed by atoms with Gasteiger partial charge in [0.1, 0.15) is 34.2 Å². The van der Waals surface area contributed by atoms with Gasteiger partial charge in [0, 0.05) is 47.6 Å². The van der Waals surface area contributed by atoms with Gasteiger partial charge in [0.05, 0.1) is 25.6 Å². The van der Waals surface area contributed by atoms with E-state index in [1.807, 2.05) is 48.5 Å². The van der Waals surface area contributed by atoms with Crippen molar-refractivity contribution >= 4 is 33.4 Å². The summed E-state index contributed by atoms with van der Waals surface area (Å²) in [7, 11) is 3.37. The molecule has 6 rings (SSSR count). The minimum atomic E-state index is 0.584. The largest absolute Gasteiger partial charge is 0.497 e. The molecule has 0 radical (unpaired) electrons. The van der Waals surface area contributed by atoms with E-state index in [-0.39, 0.29) is 0 Å². The minimum absolute atomic E-state index is 0.584. The lowest BCUT2D eigenvalue weighted by molar-refractivity contribution is 0.414. The molecule has 0 saturated heterocycles. The Bertz CT molecular complexity index is 1870. The molecule has 0 amide bonds. The summed E-state index contributed by atoms with van der Waals surface area (Å²) in [5.41, 5.74) is 7.77. The molecule has 0 aliphatic rings. The van der Waals surface area contributed by atoms with Gasteiger partial charge in [-0.25, -0.2) is 0 Å². The molecule has 2 heterocycles. The lowest BCUT2D eigenvalue weighted by Crippen LogP contribution is -2.11. The quantitative estimate of drug-likeness (QED) is 0.0827. The van der Waals surface area contributed by atoms with Crippen molar-refractivity contribution in [2.75, 3.05) is 14.2 Å². The monoisotopic (exact) mass is 640 g/mol. The summed E-state index contributed by atoms with van der Waals surface area (Å²) >= 11 is 0. The second-order valence-electron chi connectivity index (χ2n) is 12.1. The Labute approximate surface area is 283 Å². The predicted molar refractivity (Wildman–Crippen MR) is 196 cm³/mol. The maximum absolute atomic E-state index is 6.50. The number of ether oxygens (including phenoxy) is 2. The van der Waals surface area contributed by atoms with E-state index in [1.54, 1.807) is 14.2 Å². The van der Waals surface area contributed by atoms with Crippen LogP contribution < -0.4 is 9.47 Å². The SMILES string of the molecule is CCCCc1oc2ccccc2c1/C(Cc1ccc(OC)cc1)=N/N=C(\Cc1ccc(OC)cc1)c1c(CCCC)oc2ccccc12. The van der Waals surface area contributed by atoms with Gasteiger partial charge in [0.25, 0.3) is 0 Å². The summed E-state index contributed by atoms with van der Waals surface area (Å²) in [6, 6.07) is 32.8. The van der Waals surface area contributed by atoms with Crippen LogP contribution in [0, 0.1) is 0 Å². The van der Waals surface area contributed by atoms with E-state index in [9.17, 15) is 0 Å². The Morgan fingerprint density at radius 3 is 1.31 bits per heavy atom. The van der Waals surface area contributed by atoms with Crippen LogP contribution in [0.15, 0.2) is 116 Å². The zero-order chi connectivity index (χ0) is 33.3. The number of unbranched alkanes of at least 4 members (excludes halogenated alkanes) is 2. The van der Waals surface area contributed by atoms with Crippen LogP contribution in [0.3, 0.4) is 0 Å². The second-order valence-corrected chi connectivity index (χ2v) is 12.1. The first-order valence-electron chi connectivity index (χ1n) is 17.0. The van der Waals surface area contributed by atoms with Crippen molar-refractivity contribution < 1.29 is 18.3 Å². The molecular formula is C42H44N2O4. The van der Waals surface area contributed by atoms with E-state index in [4.69, 9.17) is 28.5 Å². The summed E-state index contributed by atoms with van der Waals surface area (Å²) in [6.45, 7) is 4.41. The molecule has 0 aliphatic heterocycles. The Kier molecular flexibility index (Phi) is 10.7. The van der Waals surface area contributed by atoms with Gasteiger partial charge < -0.3 is 18.3 Å². The standard InChI is InChI=1S/C42H44N2O4/c1-5-7-15-39-41(33-13-9-11-17-37(33)47-39)35(27-29-19-23-31(45-3)24-20-29)43-44-36(28-30-21-25-32(46-4)26-22-30)42-34-14-10-12-18-38(34)48-40(42)16-8-6-2/h9-14,17-26H,5-8,15-16,27-28H2,1-4H3/b43-35+,44-36+. The van der Waals surface area contributed by atoms with E-state index in [2.05, 4.69) is 62.4 Å². The zero-order valence-electron chi connectivity index (χ0n) is 28.4. The van der Waals surface area contributed by atoms with Gasteiger partial charge in [0.2, 0.25) is 0 Å². The van der Waals surface area contributed by atoms with Gasteiger partial charge in [-0.2, -0.15) is 10.2 Å². The predicted octanol–water partition coefficient (Wildman–Crippen LogP) is 10.6. The smallest absolute Gasteiger partial charge is 0.134 e. The molecule has 0 bridgehead atoms. The van der Waals surface area contributed by atoms with Gasteiger partial charge in [-0.3, -0.25) is 0 Å². The molecule has 6 nitrogen and oxygen atoms in total. The Hall–Kier alpha value is -5.10. The molecule has 6 heteroatoms. The molecule has 4 aromatic carbocycles. The van der Waals surface area contributed by atoms with E-state index in [0.29, 0.717) is 12.8 Å². The fraction of sp³-hybridized carbons (Fsp3) is 0.286. The van der Waals surface area contributed by atoms with Crippen molar-refractivity contribution in [2.24, 2.45) is 10.2 Å². The lowest BCUT2D eigenvalue weighted by atomic mass is 9.97. The van der Waals surface area contributed by atoms with Crippen molar-refractivity contribution in [3.8, 4) is 11.5 Å². The first-order chi connectivity index (χ1) is 23.6. The molecule has 0 saturated carbocycles. The number of rotatable bonds is 15. The molecular weight excluding hydrogens is 596 g/mol. The zero-order valence-corrected chi connectivity index (χ0v) is 28.4. The summed E-state index contributed by atoms with van der Waals surface area (Å²) in [6.07, 6.45) is 7.02. The first-order valence-corrected chi connectivity index (χ1v) is 17.0. The average molecular weight is 641 g/mol. The van der Waals surface area contributed by atoms with Crippen molar-refractivity contribution in [2.45, 2.75) is 65.2 Å². The molecule has 0 N–H and O–H groups in total. The van der Waals surface area contributed by atoms with Crippen molar-refractivity contribution in [1.82, 2.24) is 0 Å².